The topological polar surface area (TPSA) is 63.7 Å². The second-order valence-electron chi connectivity index (χ2n) is 7.76. The number of hydrogen-bond acceptors (Lipinski definition) is 4. The summed E-state index contributed by atoms with van der Waals surface area (Å²) >= 11 is 3.40. The molecule has 2 rings (SSSR count). The summed E-state index contributed by atoms with van der Waals surface area (Å²) in [5, 5.41) is 0. The molecule has 0 spiro atoms. The monoisotopic (exact) mass is 417 g/mol. The molecule has 1 heterocycles. The highest BCUT2D eigenvalue weighted by atomic mass is 79.9. The quantitative estimate of drug-likeness (QED) is 0.702. The Hall–Kier alpha value is -1.08. The molecule has 24 heavy (non-hydrogen) atoms. The van der Waals surface area contributed by atoms with Crippen molar-refractivity contribution in [1.82, 2.24) is 4.31 Å². The molecule has 1 unspecified atom stereocenters. The Morgan fingerprint density at radius 1 is 1.33 bits per heavy atom. The SMILES string of the molecule is CC(C)CC1(C)c2cc(Br)ccc2S(=O)(=O)N1C(=O)OC(C)(C)C. The fraction of sp³-hybridized carbons (Fsp3) is 0.588. The highest BCUT2D eigenvalue weighted by Crippen LogP contribution is 2.48. The number of sulfonamides is 1. The Labute approximate surface area is 152 Å². The van der Waals surface area contributed by atoms with Crippen molar-refractivity contribution in [3.63, 3.8) is 0 Å². The van der Waals surface area contributed by atoms with Crippen LogP contribution in [0.15, 0.2) is 27.6 Å². The standard InChI is InChI=1S/C17H24BrNO4S/c1-11(2)10-17(6)13-9-12(18)7-8-14(13)24(21,22)19(17)15(20)23-16(3,4)5/h7-9,11H,10H2,1-6H3. The third-order valence-corrected chi connectivity index (χ3v) is 6.29. The Kier molecular flexibility index (Phi) is 4.83. The lowest BCUT2D eigenvalue weighted by Gasteiger charge is -2.36. The Balaban J connectivity index is 2.66. The van der Waals surface area contributed by atoms with E-state index in [4.69, 9.17) is 4.74 Å². The first-order chi connectivity index (χ1) is 10.8. The van der Waals surface area contributed by atoms with Gasteiger partial charge in [-0.15, -0.1) is 0 Å². The van der Waals surface area contributed by atoms with Gasteiger partial charge in [0.25, 0.3) is 10.0 Å². The fourth-order valence-corrected chi connectivity index (χ4v) is 5.50. The summed E-state index contributed by atoms with van der Waals surface area (Å²) in [6, 6.07) is 4.99. The van der Waals surface area contributed by atoms with Gasteiger partial charge in [0, 0.05) is 10.0 Å². The molecule has 0 aliphatic carbocycles. The van der Waals surface area contributed by atoms with Crippen LogP contribution in [-0.4, -0.2) is 24.4 Å². The van der Waals surface area contributed by atoms with Gasteiger partial charge < -0.3 is 4.74 Å². The number of halogens is 1. The van der Waals surface area contributed by atoms with Gasteiger partial charge in [0.05, 0.1) is 10.4 Å². The summed E-state index contributed by atoms with van der Waals surface area (Å²) in [5.74, 6) is 0.195. The number of carbonyl (C=O) groups excluding carboxylic acids is 1. The van der Waals surface area contributed by atoms with Crippen molar-refractivity contribution in [3.8, 4) is 0 Å². The van der Waals surface area contributed by atoms with E-state index in [2.05, 4.69) is 15.9 Å². The number of ether oxygens (including phenoxy) is 1. The molecule has 1 amide bonds. The van der Waals surface area contributed by atoms with E-state index in [0.717, 1.165) is 8.78 Å². The van der Waals surface area contributed by atoms with E-state index >= 15 is 0 Å². The van der Waals surface area contributed by atoms with E-state index in [-0.39, 0.29) is 10.8 Å². The maximum Gasteiger partial charge on any atom is 0.425 e. The van der Waals surface area contributed by atoms with Gasteiger partial charge in [0.2, 0.25) is 0 Å². The molecule has 5 nitrogen and oxygen atoms in total. The van der Waals surface area contributed by atoms with E-state index in [1.54, 1.807) is 39.8 Å². The second kappa shape index (κ2) is 6.02. The van der Waals surface area contributed by atoms with Crippen LogP contribution in [0.2, 0.25) is 0 Å². The van der Waals surface area contributed by atoms with Crippen LogP contribution in [0, 0.1) is 5.92 Å². The average molecular weight is 418 g/mol. The smallest absolute Gasteiger partial charge is 0.425 e. The number of benzene rings is 1. The van der Waals surface area contributed by atoms with Gasteiger partial charge in [0.1, 0.15) is 5.60 Å². The van der Waals surface area contributed by atoms with Crippen molar-refractivity contribution in [2.45, 2.75) is 64.0 Å². The molecule has 1 aliphatic rings. The lowest BCUT2D eigenvalue weighted by Crippen LogP contribution is -2.48. The lowest BCUT2D eigenvalue weighted by atomic mass is 9.84. The zero-order valence-corrected chi connectivity index (χ0v) is 17.3. The highest BCUT2D eigenvalue weighted by Gasteiger charge is 2.55. The van der Waals surface area contributed by atoms with E-state index in [1.165, 1.54) is 6.07 Å². The predicted octanol–water partition coefficient (Wildman–Crippen LogP) is 4.65. The van der Waals surface area contributed by atoms with Crippen molar-refractivity contribution in [2.24, 2.45) is 5.92 Å². The van der Waals surface area contributed by atoms with Crippen molar-refractivity contribution >= 4 is 32.0 Å². The van der Waals surface area contributed by atoms with Crippen LogP contribution in [0.25, 0.3) is 0 Å². The van der Waals surface area contributed by atoms with Crippen LogP contribution in [-0.2, 0) is 20.3 Å². The van der Waals surface area contributed by atoms with Crippen LogP contribution in [0.3, 0.4) is 0 Å². The molecule has 0 N–H and O–H groups in total. The molecule has 7 heteroatoms. The summed E-state index contributed by atoms with van der Waals surface area (Å²) in [4.78, 5) is 12.9. The summed E-state index contributed by atoms with van der Waals surface area (Å²) in [6.45, 7) is 10.9. The summed E-state index contributed by atoms with van der Waals surface area (Å²) in [5.41, 5.74) is -1.13. The molecule has 0 bridgehead atoms. The highest BCUT2D eigenvalue weighted by molar-refractivity contribution is 9.10. The third kappa shape index (κ3) is 3.33. The van der Waals surface area contributed by atoms with Crippen LogP contribution in [0.5, 0.6) is 0 Å². The normalized spacial score (nSPS) is 22.6. The minimum Gasteiger partial charge on any atom is -0.443 e. The molecule has 1 aliphatic heterocycles. The molecular formula is C17H24BrNO4S. The van der Waals surface area contributed by atoms with Gasteiger partial charge in [-0.05, 0) is 58.2 Å². The second-order valence-corrected chi connectivity index (χ2v) is 10.4. The maximum atomic E-state index is 13.0. The average Bonchev–Trinajstić information content (AvgIpc) is 2.50. The Morgan fingerprint density at radius 3 is 2.42 bits per heavy atom. The van der Waals surface area contributed by atoms with Gasteiger partial charge >= 0.3 is 6.09 Å². The van der Waals surface area contributed by atoms with Gasteiger partial charge in [-0.25, -0.2) is 13.2 Å². The summed E-state index contributed by atoms with van der Waals surface area (Å²) in [7, 11) is -3.95. The number of nitrogens with zero attached hydrogens (tertiary/aromatic N) is 1. The van der Waals surface area contributed by atoms with Crippen molar-refractivity contribution in [1.29, 1.82) is 0 Å². The molecule has 1 aromatic carbocycles. The van der Waals surface area contributed by atoms with E-state index in [1.807, 2.05) is 13.8 Å². The number of amides is 1. The molecule has 0 saturated carbocycles. The number of carbonyl (C=O) groups is 1. The van der Waals surface area contributed by atoms with Gasteiger partial charge in [-0.1, -0.05) is 29.8 Å². The molecule has 0 radical (unpaired) electrons. The van der Waals surface area contributed by atoms with Crippen molar-refractivity contribution in [3.05, 3.63) is 28.2 Å². The van der Waals surface area contributed by atoms with E-state index in [9.17, 15) is 13.2 Å². The first-order valence-corrected chi connectivity index (χ1v) is 10.1. The minimum atomic E-state index is -3.95. The molecule has 0 saturated heterocycles. The van der Waals surface area contributed by atoms with Crippen LogP contribution >= 0.6 is 15.9 Å². The third-order valence-electron chi connectivity index (χ3n) is 3.85. The maximum absolute atomic E-state index is 13.0. The Morgan fingerprint density at radius 2 is 1.92 bits per heavy atom. The summed E-state index contributed by atoms with van der Waals surface area (Å²) in [6.07, 6.45) is -0.326. The minimum absolute atomic E-state index is 0.166. The first-order valence-electron chi connectivity index (χ1n) is 7.87. The summed E-state index contributed by atoms with van der Waals surface area (Å²) < 4.78 is 33.1. The molecule has 0 fully saturated rings. The molecule has 0 aromatic heterocycles. The number of hydrogen-bond donors (Lipinski definition) is 0. The zero-order chi connectivity index (χ0) is 18.5. The number of fused-ring (bicyclic) bond motifs is 1. The van der Waals surface area contributed by atoms with Crippen LogP contribution < -0.4 is 0 Å². The molecule has 134 valence electrons. The number of rotatable bonds is 2. The molecule has 1 aromatic rings. The van der Waals surface area contributed by atoms with Crippen LogP contribution in [0.1, 0.15) is 53.5 Å². The largest absolute Gasteiger partial charge is 0.443 e. The van der Waals surface area contributed by atoms with Gasteiger partial charge in [-0.3, -0.25) is 0 Å². The first kappa shape index (κ1) is 19.2. The van der Waals surface area contributed by atoms with Crippen molar-refractivity contribution < 1.29 is 17.9 Å². The predicted molar refractivity (Wildman–Crippen MR) is 96.2 cm³/mol. The van der Waals surface area contributed by atoms with Crippen LogP contribution in [0.4, 0.5) is 4.79 Å². The van der Waals surface area contributed by atoms with E-state index < -0.39 is 27.3 Å². The fourth-order valence-electron chi connectivity index (χ4n) is 3.21. The lowest BCUT2D eigenvalue weighted by molar-refractivity contribution is 0.0225. The van der Waals surface area contributed by atoms with Gasteiger partial charge in [0.15, 0.2) is 0 Å². The van der Waals surface area contributed by atoms with E-state index in [0.29, 0.717) is 12.0 Å². The molecule has 1 atom stereocenters. The Bertz CT molecular complexity index is 767. The zero-order valence-electron chi connectivity index (χ0n) is 14.9. The van der Waals surface area contributed by atoms with Crippen molar-refractivity contribution in [2.75, 3.05) is 0 Å². The van der Waals surface area contributed by atoms with Gasteiger partial charge in [-0.2, -0.15) is 4.31 Å². The molecular weight excluding hydrogens is 394 g/mol.